The Balaban J connectivity index is 1.85. The van der Waals surface area contributed by atoms with E-state index in [1.807, 2.05) is 48.5 Å². The molecule has 0 bridgehead atoms. The van der Waals surface area contributed by atoms with Crippen LogP contribution in [-0.2, 0) is 4.74 Å². The van der Waals surface area contributed by atoms with Gasteiger partial charge in [0.15, 0.2) is 5.11 Å². The van der Waals surface area contributed by atoms with E-state index in [4.69, 9.17) is 12.2 Å². The quantitative estimate of drug-likeness (QED) is 0.480. The molecule has 0 saturated carbocycles. The van der Waals surface area contributed by atoms with Gasteiger partial charge in [0.2, 0.25) is 0 Å². The average Bonchev–Trinajstić information content (AvgIpc) is 2.76. The molecule has 0 aliphatic heterocycles. The van der Waals surface area contributed by atoms with Gasteiger partial charge in [-0.3, -0.25) is 10.1 Å². The summed E-state index contributed by atoms with van der Waals surface area (Å²) in [5.74, 6) is -0.257. The molecule has 0 radical (unpaired) electrons. The van der Waals surface area contributed by atoms with Gasteiger partial charge >= 0.3 is 6.09 Å². The van der Waals surface area contributed by atoms with Crippen molar-refractivity contribution in [3.05, 3.63) is 84.4 Å². The lowest BCUT2D eigenvalue weighted by atomic mass is 10.2. The molecule has 0 fully saturated rings. The maximum atomic E-state index is 12.7. The number of thiocarbonyl (C=S) groups is 1. The summed E-state index contributed by atoms with van der Waals surface area (Å²) in [5, 5.41) is 8.27. The summed E-state index contributed by atoms with van der Waals surface area (Å²) in [6.45, 7) is 0. The Hall–Kier alpha value is -3.36. The van der Waals surface area contributed by atoms with E-state index in [1.165, 1.54) is 7.11 Å². The first-order chi connectivity index (χ1) is 14.5. The van der Waals surface area contributed by atoms with Gasteiger partial charge in [0.25, 0.3) is 5.91 Å². The highest BCUT2D eigenvalue weighted by molar-refractivity contribution is 7.99. The van der Waals surface area contributed by atoms with Gasteiger partial charge in [-0.1, -0.05) is 48.2 Å². The van der Waals surface area contributed by atoms with Crippen molar-refractivity contribution >= 4 is 52.5 Å². The van der Waals surface area contributed by atoms with Gasteiger partial charge in [-0.25, -0.2) is 4.79 Å². The van der Waals surface area contributed by atoms with E-state index in [0.717, 1.165) is 9.79 Å². The highest BCUT2D eigenvalue weighted by Gasteiger charge is 2.13. The molecule has 0 aliphatic carbocycles. The first-order valence-corrected chi connectivity index (χ1v) is 10.2. The number of amides is 2. The lowest BCUT2D eigenvalue weighted by molar-refractivity contribution is 0.102. The Labute approximate surface area is 184 Å². The van der Waals surface area contributed by atoms with Gasteiger partial charge in [0.1, 0.15) is 0 Å². The maximum Gasteiger partial charge on any atom is 0.413 e. The van der Waals surface area contributed by atoms with E-state index in [0.29, 0.717) is 16.9 Å². The fourth-order valence-corrected chi connectivity index (χ4v) is 3.58. The third-order valence-corrected chi connectivity index (χ3v) is 5.10. The first-order valence-electron chi connectivity index (χ1n) is 8.94. The van der Waals surface area contributed by atoms with Crippen molar-refractivity contribution in [3.8, 4) is 0 Å². The lowest BCUT2D eigenvalue weighted by Gasteiger charge is -2.15. The predicted octanol–water partition coefficient (Wildman–Crippen LogP) is 5.14. The topological polar surface area (TPSA) is 79.5 Å². The summed E-state index contributed by atoms with van der Waals surface area (Å²) < 4.78 is 4.55. The Bertz CT molecular complexity index is 1040. The van der Waals surface area contributed by atoms with E-state index < -0.39 is 6.09 Å². The van der Waals surface area contributed by atoms with E-state index in [9.17, 15) is 9.59 Å². The van der Waals surface area contributed by atoms with E-state index in [2.05, 4.69) is 20.7 Å². The summed E-state index contributed by atoms with van der Waals surface area (Å²) in [7, 11) is 1.25. The Morgan fingerprint density at radius 1 is 0.833 bits per heavy atom. The fourth-order valence-electron chi connectivity index (χ4n) is 2.51. The second-order valence-electron chi connectivity index (χ2n) is 6.01. The normalized spacial score (nSPS) is 10.0. The van der Waals surface area contributed by atoms with Crippen molar-refractivity contribution in [2.75, 3.05) is 17.7 Å². The molecule has 152 valence electrons. The van der Waals surface area contributed by atoms with Crippen LogP contribution < -0.4 is 16.0 Å². The highest BCUT2D eigenvalue weighted by atomic mass is 32.2. The Morgan fingerprint density at radius 2 is 1.50 bits per heavy atom. The fraction of sp³-hybridized carbons (Fsp3) is 0.0455. The summed E-state index contributed by atoms with van der Waals surface area (Å²) in [6, 6.07) is 24.3. The van der Waals surface area contributed by atoms with Crippen LogP contribution in [0, 0.1) is 0 Å². The van der Waals surface area contributed by atoms with Crippen LogP contribution in [-0.4, -0.2) is 24.2 Å². The second-order valence-corrected chi connectivity index (χ2v) is 7.57. The maximum absolute atomic E-state index is 12.7. The molecule has 3 aromatic carbocycles. The van der Waals surface area contributed by atoms with Crippen molar-refractivity contribution in [1.82, 2.24) is 5.32 Å². The molecule has 3 N–H and O–H groups in total. The molecule has 0 spiro atoms. The average molecular weight is 438 g/mol. The third kappa shape index (κ3) is 6.07. The highest BCUT2D eigenvalue weighted by Crippen LogP contribution is 2.33. The van der Waals surface area contributed by atoms with Crippen molar-refractivity contribution < 1.29 is 14.3 Å². The third-order valence-electron chi connectivity index (χ3n) is 3.90. The van der Waals surface area contributed by atoms with Crippen LogP contribution in [0.2, 0.25) is 0 Å². The zero-order valence-corrected chi connectivity index (χ0v) is 17.7. The smallest absolute Gasteiger partial charge is 0.413 e. The van der Waals surface area contributed by atoms with E-state index in [1.54, 1.807) is 42.1 Å². The number of nitrogens with one attached hydrogen (secondary N) is 3. The number of anilines is 2. The molecule has 2 amide bonds. The number of methoxy groups -OCH3 is 1. The molecule has 0 atom stereocenters. The van der Waals surface area contributed by atoms with Crippen molar-refractivity contribution in [1.29, 1.82) is 0 Å². The van der Waals surface area contributed by atoms with Crippen molar-refractivity contribution in [2.24, 2.45) is 0 Å². The SMILES string of the molecule is COC(=O)NC(=S)Nc1ccc(Sc2ccccc2)cc1NC(=O)c1ccccc1. The summed E-state index contributed by atoms with van der Waals surface area (Å²) >= 11 is 6.71. The van der Waals surface area contributed by atoms with E-state index in [-0.39, 0.29) is 11.0 Å². The molecule has 6 nitrogen and oxygen atoms in total. The van der Waals surface area contributed by atoms with E-state index >= 15 is 0 Å². The van der Waals surface area contributed by atoms with Crippen LogP contribution in [0.1, 0.15) is 10.4 Å². The molecule has 3 rings (SSSR count). The standard InChI is InChI=1S/C22H19N3O3S2/c1-28-22(27)25-21(29)24-18-13-12-17(30-16-10-6-3-7-11-16)14-19(18)23-20(26)15-8-4-2-5-9-15/h2-14H,1H3,(H,23,26)(H2,24,25,27,29). The number of benzene rings is 3. The molecular formula is C22H19N3O3S2. The minimum atomic E-state index is -0.682. The van der Waals surface area contributed by atoms with Gasteiger partial charge in [-0.15, -0.1) is 0 Å². The molecule has 0 heterocycles. The molecule has 0 aliphatic rings. The minimum absolute atomic E-state index is 0.0560. The molecule has 0 saturated heterocycles. The van der Waals surface area contributed by atoms with Crippen LogP contribution >= 0.6 is 24.0 Å². The van der Waals surface area contributed by atoms with Crippen LogP contribution in [0.3, 0.4) is 0 Å². The molecular weight excluding hydrogens is 418 g/mol. The summed E-state index contributed by atoms with van der Waals surface area (Å²) in [6.07, 6.45) is -0.682. The largest absolute Gasteiger partial charge is 0.453 e. The summed E-state index contributed by atoms with van der Waals surface area (Å²) in [5.41, 5.74) is 1.59. The first kappa shape index (κ1) is 21.4. The molecule has 8 heteroatoms. The van der Waals surface area contributed by atoms with Crippen LogP contribution in [0.15, 0.2) is 88.7 Å². The van der Waals surface area contributed by atoms with Gasteiger partial charge in [-0.2, -0.15) is 0 Å². The van der Waals surface area contributed by atoms with Crippen LogP contribution in [0.25, 0.3) is 0 Å². The lowest BCUT2D eigenvalue weighted by Crippen LogP contribution is -2.34. The van der Waals surface area contributed by atoms with Crippen molar-refractivity contribution in [2.45, 2.75) is 9.79 Å². The molecule has 30 heavy (non-hydrogen) atoms. The number of ether oxygens (including phenoxy) is 1. The predicted molar refractivity (Wildman–Crippen MR) is 123 cm³/mol. The van der Waals surface area contributed by atoms with Gasteiger partial charge in [0.05, 0.1) is 18.5 Å². The van der Waals surface area contributed by atoms with Crippen LogP contribution in [0.4, 0.5) is 16.2 Å². The number of rotatable bonds is 5. The zero-order valence-electron chi connectivity index (χ0n) is 16.0. The monoisotopic (exact) mass is 437 g/mol. The van der Waals surface area contributed by atoms with Gasteiger partial charge < -0.3 is 15.4 Å². The minimum Gasteiger partial charge on any atom is -0.453 e. The van der Waals surface area contributed by atoms with Gasteiger partial charge in [0, 0.05) is 15.4 Å². The molecule has 3 aromatic rings. The molecule has 0 unspecified atom stereocenters. The van der Waals surface area contributed by atoms with Crippen LogP contribution in [0.5, 0.6) is 0 Å². The zero-order chi connectivity index (χ0) is 21.3. The molecule has 0 aromatic heterocycles. The van der Waals surface area contributed by atoms with Gasteiger partial charge in [-0.05, 0) is 54.7 Å². The second kappa shape index (κ2) is 10.4. The Morgan fingerprint density at radius 3 is 2.17 bits per heavy atom. The Kier molecular flexibility index (Phi) is 7.42. The number of carbonyl (C=O) groups is 2. The number of alkyl carbamates (subject to hydrolysis) is 1. The van der Waals surface area contributed by atoms with Crippen molar-refractivity contribution in [3.63, 3.8) is 0 Å². The number of carbonyl (C=O) groups excluding carboxylic acids is 2. The number of hydrogen-bond donors (Lipinski definition) is 3. The number of hydrogen-bond acceptors (Lipinski definition) is 5. The summed E-state index contributed by atoms with van der Waals surface area (Å²) in [4.78, 5) is 26.1.